The number of para-hydroxylation sites is 1. The zero-order valence-corrected chi connectivity index (χ0v) is 12.0. The number of carbonyl (C=O) groups excluding carboxylic acids is 1. The largest absolute Gasteiger partial charge is 0.493 e. The maximum Gasteiger partial charge on any atom is 0.223 e. The predicted molar refractivity (Wildman–Crippen MR) is 77.7 cm³/mol. The Labute approximate surface area is 120 Å². The first kappa shape index (κ1) is 14.9. The molecule has 1 fully saturated rings. The molecule has 2 rings (SSSR count). The highest BCUT2D eigenvalue weighted by Crippen LogP contribution is 2.47. The number of amides is 1. The van der Waals surface area contributed by atoms with E-state index in [1.54, 1.807) is 0 Å². The first-order valence-electron chi connectivity index (χ1n) is 7.21. The molecule has 0 heterocycles. The highest BCUT2D eigenvalue weighted by molar-refractivity contribution is 5.76. The van der Waals surface area contributed by atoms with Crippen LogP contribution in [0, 0.1) is 12.3 Å². The second-order valence-corrected chi connectivity index (χ2v) is 5.61. The molecule has 4 heteroatoms. The summed E-state index contributed by atoms with van der Waals surface area (Å²) in [5.74, 6) is 0.849. The van der Waals surface area contributed by atoms with Gasteiger partial charge in [0.1, 0.15) is 5.75 Å². The number of benzene rings is 1. The van der Waals surface area contributed by atoms with E-state index in [4.69, 9.17) is 9.84 Å². The van der Waals surface area contributed by atoms with E-state index in [9.17, 15) is 4.79 Å². The standard InChI is InChI=1S/C16H23NO3/c1-13-4-2-3-5-14(13)20-11-6-15(19)17-12-16(7-8-16)9-10-18/h2-5,18H,6-12H2,1H3,(H,17,19). The maximum absolute atomic E-state index is 11.7. The highest BCUT2D eigenvalue weighted by atomic mass is 16.5. The molecule has 0 radical (unpaired) electrons. The van der Waals surface area contributed by atoms with Gasteiger partial charge in [-0.1, -0.05) is 18.2 Å². The second kappa shape index (κ2) is 6.75. The average molecular weight is 277 g/mol. The number of carbonyl (C=O) groups is 1. The molecular formula is C16H23NO3. The molecule has 1 aliphatic rings. The Balaban J connectivity index is 1.65. The number of aliphatic hydroxyl groups is 1. The van der Waals surface area contributed by atoms with E-state index in [-0.39, 0.29) is 17.9 Å². The molecule has 4 nitrogen and oxygen atoms in total. The topological polar surface area (TPSA) is 58.6 Å². The van der Waals surface area contributed by atoms with E-state index in [1.165, 1.54) is 0 Å². The first-order valence-corrected chi connectivity index (χ1v) is 7.21. The quantitative estimate of drug-likeness (QED) is 0.764. The zero-order valence-electron chi connectivity index (χ0n) is 12.0. The summed E-state index contributed by atoms with van der Waals surface area (Å²) in [6, 6.07) is 7.79. The minimum absolute atomic E-state index is 0.0165. The van der Waals surface area contributed by atoms with Crippen molar-refractivity contribution >= 4 is 5.91 Å². The molecule has 110 valence electrons. The van der Waals surface area contributed by atoms with Crippen LogP contribution in [-0.2, 0) is 4.79 Å². The molecule has 1 aromatic rings. The molecule has 1 aromatic carbocycles. The van der Waals surface area contributed by atoms with Crippen LogP contribution in [0.4, 0.5) is 0 Å². The molecule has 0 unspecified atom stereocenters. The van der Waals surface area contributed by atoms with Gasteiger partial charge >= 0.3 is 0 Å². The van der Waals surface area contributed by atoms with E-state index in [0.717, 1.165) is 30.6 Å². The average Bonchev–Trinajstić information content (AvgIpc) is 3.19. The van der Waals surface area contributed by atoms with E-state index < -0.39 is 0 Å². The van der Waals surface area contributed by atoms with Gasteiger partial charge in [-0.05, 0) is 43.2 Å². The summed E-state index contributed by atoms with van der Waals surface area (Å²) in [6.07, 6.45) is 3.36. The second-order valence-electron chi connectivity index (χ2n) is 5.61. The van der Waals surface area contributed by atoms with Crippen molar-refractivity contribution in [2.75, 3.05) is 19.8 Å². The number of rotatable bonds is 8. The van der Waals surface area contributed by atoms with Crippen LogP contribution < -0.4 is 10.1 Å². The number of nitrogens with one attached hydrogen (secondary N) is 1. The molecule has 0 atom stereocenters. The monoisotopic (exact) mass is 277 g/mol. The van der Waals surface area contributed by atoms with Crippen molar-refractivity contribution in [2.24, 2.45) is 5.41 Å². The minimum atomic E-state index is 0.0165. The van der Waals surface area contributed by atoms with Gasteiger partial charge in [0.25, 0.3) is 0 Å². The van der Waals surface area contributed by atoms with Crippen molar-refractivity contribution in [3.8, 4) is 5.75 Å². The third kappa shape index (κ3) is 4.23. The summed E-state index contributed by atoms with van der Waals surface area (Å²) in [5, 5.41) is 11.9. The van der Waals surface area contributed by atoms with Gasteiger partial charge in [-0.2, -0.15) is 0 Å². The fraction of sp³-hybridized carbons (Fsp3) is 0.562. The van der Waals surface area contributed by atoms with Crippen molar-refractivity contribution in [2.45, 2.75) is 32.6 Å². The Bertz CT molecular complexity index is 455. The van der Waals surface area contributed by atoms with Gasteiger partial charge in [0.05, 0.1) is 13.0 Å². The summed E-state index contributed by atoms with van der Waals surface area (Å²) in [6.45, 7) is 3.26. The van der Waals surface area contributed by atoms with Gasteiger partial charge in [-0.25, -0.2) is 0 Å². The molecule has 2 N–H and O–H groups in total. The molecule has 1 amide bonds. The third-order valence-electron chi connectivity index (χ3n) is 3.94. The Morgan fingerprint density at radius 2 is 2.15 bits per heavy atom. The van der Waals surface area contributed by atoms with Gasteiger partial charge in [0, 0.05) is 13.2 Å². The van der Waals surface area contributed by atoms with Gasteiger partial charge in [0.2, 0.25) is 5.91 Å². The Hall–Kier alpha value is -1.55. The lowest BCUT2D eigenvalue weighted by Crippen LogP contribution is -2.31. The highest BCUT2D eigenvalue weighted by Gasteiger charge is 2.41. The Morgan fingerprint density at radius 1 is 1.40 bits per heavy atom. The van der Waals surface area contributed by atoms with Crippen molar-refractivity contribution < 1.29 is 14.6 Å². The summed E-state index contributed by atoms with van der Waals surface area (Å²) in [7, 11) is 0. The van der Waals surface area contributed by atoms with Crippen molar-refractivity contribution in [3.63, 3.8) is 0 Å². The number of hydrogen-bond acceptors (Lipinski definition) is 3. The van der Waals surface area contributed by atoms with E-state index in [0.29, 0.717) is 19.6 Å². The smallest absolute Gasteiger partial charge is 0.223 e. The molecule has 0 bridgehead atoms. The first-order chi connectivity index (χ1) is 9.65. The van der Waals surface area contributed by atoms with Crippen LogP contribution in [0.5, 0.6) is 5.75 Å². The van der Waals surface area contributed by atoms with Crippen LogP contribution >= 0.6 is 0 Å². The lowest BCUT2D eigenvalue weighted by atomic mass is 10.0. The van der Waals surface area contributed by atoms with Crippen molar-refractivity contribution in [1.82, 2.24) is 5.32 Å². The summed E-state index contributed by atoms with van der Waals surface area (Å²) in [5.41, 5.74) is 1.24. The fourth-order valence-electron chi connectivity index (χ4n) is 2.28. The summed E-state index contributed by atoms with van der Waals surface area (Å²) >= 11 is 0. The van der Waals surface area contributed by atoms with Crippen LogP contribution in [0.25, 0.3) is 0 Å². The van der Waals surface area contributed by atoms with Crippen molar-refractivity contribution in [1.29, 1.82) is 0 Å². The minimum Gasteiger partial charge on any atom is -0.493 e. The van der Waals surface area contributed by atoms with E-state index in [2.05, 4.69) is 5.32 Å². The molecule has 0 aliphatic heterocycles. The van der Waals surface area contributed by atoms with Gasteiger partial charge < -0.3 is 15.2 Å². The molecule has 0 saturated heterocycles. The Morgan fingerprint density at radius 3 is 2.80 bits per heavy atom. The maximum atomic E-state index is 11.7. The van der Waals surface area contributed by atoms with Crippen LogP contribution in [0.3, 0.4) is 0 Å². The molecule has 1 saturated carbocycles. The lowest BCUT2D eigenvalue weighted by Gasteiger charge is -2.14. The van der Waals surface area contributed by atoms with E-state index in [1.807, 2.05) is 31.2 Å². The van der Waals surface area contributed by atoms with Gasteiger partial charge in [0.15, 0.2) is 0 Å². The number of aryl methyl sites for hydroxylation is 1. The van der Waals surface area contributed by atoms with Gasteiger partial charge in [-0.15, -0.1) is 0 Å². The number of ether oxygens (including phenoxy) is 1. The zero-order chi connectivity index (χ0) is 14.4. The molecule has 20 heavy (non-hydrogen) atoms. The fourth-order valence-corrected chi connectivity index (χ4v) is 2.28. The van der Waals surface area contributed by atoms with Crippen LogP contribution in [-0.4, -0.2) is 30.8 Å². The molecular weight excluding hydrogens is 254 g/mol. The summed E-state index contributed by atoms with van der Waals surface area (Å²) < 4.78 is 5.60. The normalized spacial score (nSPS) is 15.7. The summed E-state index contributed by atoms with van der Waals surface area (Å²) in [4.78, 5) is 11.7. The van der Waals surface area contributed by atoms with Crippen LogP contribution in [0.2, 0.25) is 0 Å². The lowest BCUT2D eigenvalue weighted by molar-refractivity contribution is -0.121. The van der Waals surface area contributed by atoms with Gasteiger partial charge in [-0.3, -0.25) is 4.79 Å². The SMILES string of the molecule is Cc1ccccc1OCCC(=O)NCC1(CCO)CC1. The molecule has 0 aromatic heterocycles. The molecule has 0 spiro atoms. The van der Waals surface area contributed by atoms with Crippen LogP contribution in [0.1, 0.15) is 31.2 Å². The van der Waals surface area contributed by atoms with E-state index >= 15 is 0 Å². The Kier molecular flexibility index (Phi) is 5.01. The predicted octanol–water partition coefficient (Wildman–Crippen LogP) is 2.04. The van der Waals surface area contributed by atoms with Crippen LogP contribution in [0.15, 0.2) is 24.3 Å². The third-order valence-corrected chi connectivity index (χ3v) is 3.94. The number of aliphatic hydroxyl groups excluding tert-OH is 1. The van der Waals surface area contributed by atoms with Crippen molar-refractivity contribution in [3.05, 3.63) is 29.8 Å². The molecule has 1 aliphatic carbocycles. The number of hydrogen-bond donors (Lipinski definition) is 2.